The second kappa shape index (κ2) is 9.94. The molecule has 1 unspecified atom stereocenters. The first-order chi connectivity index (χ1) is 15.0. The molecule has 0 aromatic heterocycles. The number of carbonyl (C=O) groups excluding carboxylic acids is 1. The zero-order valence-electron chi connectivity index (χ0n) is 17.8. The Kier molecular flexibility index (Phi) is 7.05. The number of carbonyl (C=O) groups is 1. The third kappa shape index (κ3) is 5.34. The lowest BCUT2D eigenvalue weighted by Gasteiger charge is -2.33. The minimum atomic E-state index is -3.42. The van der Waals surface area contributed by atoms with Gasteiger partial charge in [-0.25, -0.2) is 8.42 Å². The van der Waals surface area contributed by atoms with Crippen molar-refractivity contribution in [3.05, 3.63) is 65.7 Å². The molecule has 0 radical (unpaired) electrons. The van der Waals surface area contributed by atoms with Crippen LogP contribution in [0.5, 0.6) is 0 Å². The summed E-state index contributed by atoms with van der Waals surface area (Å²) in [7, 11) is -3.42. The zero-order valence-corrected chi connectivity index (χ0v) is 18.6. The molecule has 1 atom stereocenters. The number of hydrogen-bond donors (Lipinski definition) is 0. The fourth-order valence-corrected chi connectivity index (χ4v) is 5.75. The van der Waals surface area contributed by atoms with Crippen molar-refractivity contribution in [3.8, 4) is 0 Å². The highest BCUT2D eigenvalue weighted by molar-refractivity contribution is 7.89. The van der Waals surface area contributed by atoms with Crippen LogP contribution in [-0.4, -0.2) is 56.3 Å². The van der Waals surface area contributed by atoms with Crippen LogP contribution in [0, 0.1) is 0 Å². The van der Waals surface area contributed by atoms with E-state index in [4.69, 9.17) is 4.74 Å². The van der Waals surface area contributed by atoms with E-state index in [0.717, 1.165) is 30.4 Å². The van der Waals surface area contributed by atoms with Crippen molar-refractivity contribution in [2.24, 2.45) is 0 Å². The molecule has 0 saturated carbocycles. The fraction of sp³-hybridized carbons (Fsp3) is 0.458. The third-order valence-corrected chi connectivity index (χ3v) is 8.01. The van der Waals surface area contributed by atoms with Crippen LogP contribution in [-0.2, 0) is 26.0 Å². The average molecular weight is 443 g/mol. The van der Waals surface area contributed by atoms with Gasteiger partial charge in [0.15, 0.2) is 0 Å². The van der Waals surface area contributed by atoms with Crippen LogP contribution in [0.2, 0.25) is 0 Å². The smallest absolute Gasteiger partial charge is 0.243 e. The minimum absolute atomic E-state index is 0.0850. The Hall–Kier alpha value is -2.22. The molecule has 2 saturated heterocycles. The number of aryl methyl sites for hydroxylation is 1. The number of benzene rings is 2. The molecule has 0 bridgehead atoms. The molecular weight excluding hydrogens is 412 g/mol. The second-order valence-electron chi connectivity index (χ2n) is 8.22. The molecule has 166 valence electrons. The molecule has 0 N–H and O–H groups in total. The molecule has 2 heterocycles. The van der Waals surface area contributed by atoms with E-state index < -0.39 is 10.0 Å². The first-order valence-electron chi connectivity index (χ1n) is 11.1. The van der Waals surface area contributed by atoms with Gasteiger partial charge in [0.25, 0.3) is 0 Å². The summed E-state index contributed by atoms with van der Waals surface area (Å²) in [6.07, 6.45) is 3.85. The summed E-state index contributed by atoms with van der Waals surface area (Å²) in [4.78, 5) is 15.0. The molecule has 4 rings (SSSR count). The van der Waals surface area contributed by atoms with Crippen LogP contribution in [0.15, 0.2) is 59.5 Å². The van der Waals surface area contributed by atoms with Crippen LogP contribution < -0.4 is 0 Å². The number of rotatable bonds is 6. The van der Waals surface area contributed by atoms with Crippen LogP contribution >= 0.6 is 0 Å². The van der Waals surface area contributed by atoms with Crippen LogP contribution in [0.1, 0.15) is 42.9 Å². The van der Waals surface area contributed by atoms with Crippen molar-refractivity contribution < 1.29 is 17.9 Å². The summed E-state index contributed by atoms with van der Waals surface area (Å²) in [5.41, 5.74) is 2.06. The number of nitrogens with zero attached hydrogens (tertiary/aromatic N) is 2. The van der Waals surface area contributed by atoms with Gasteiger partial charge in [-0.3, -0.25) is 4.79 Å². The summed E-state index contributed by atoms with van der Waals surface area (Å²) in [5.74, 6) is 0.106. The van der Waals surface area contributed by atoms with E-state index in [2.05, 4.69) is 0 Å². The SMILES string of the molecule is O=C(CCc1ccc(S(=O)(=O)N2CCCCC2)cc1)N1CCOC(c2ccccc2)C1. The maximum absolute atomic E-state index is 12.8. The lowest BCUT2D eigenvalue weighted by molar-refractivity contribution is -0.139. The Balaban J connectivity index is 1.32. The Morgan fingerprint density at radius 2 is 1.65 bits per heavy atom. The Bertz CT molecular complexity index is 970. The van der Waals surface area contributed by atoms with Gasteiger partial charge in [0.05, 0.1) is 18.0 Å². The van der Waals surface area contributed by atoms with E-state index in [9.17, 15) is 13.2 Å². The van der Waals surface area contributed by atoms with E-state index in [1.165, 1.54) is 0 Å². The van der Waals surface area contributed by atoms with Crippen molar-refractivity contribution in [1.82, 2.24) is 9.21 Å². The first kappa shape index (κ1) is 22.0. The largest absolute Gasteiger partial charge is 0.370 e. The van der Waals surface area contributed by atoms with Gasteiger partial charge >= 0.3 is 0 Å². The van der Waals surface area contributed by atoms with Crippen molar-refractivity contribution in [2.75, 3.05) is 32.8 Å². The lowest BCUT2D eigenvalue weighted by Crippen LogP contribution is -2.42. The van der Waals surface area contributed by atoms with Gasteiger partial charge in [-0.2, -0.15) is 4.31 Å². The molecule has 2 aliphatic rings. The van der Waals surface area contributed by atoms with E-state index >= 15 is 0 Å². The molecular formula is C24H30N2O4S. The molecule has 2 aromatic rings. The van der Waals surface area contributed by atoms with E-state index in [0.29, 0.717) is 50.5 Å². The van der Waals surface area contributed by atoms with Gasteiger partial charge in [0.2, 0.25) is 15.9 Å². The monoisotopic (exact) mass is 442 g/mol. The number of sulfonamides is 1. The van der Waals surface area contributed by atoms with Crippen LogP contribution in [0.3, 0.4) is 0 Å². The molecule has 7 heteroatoms. The van der Waals surface area contributed by atoms with Gasteiger partial charge in [-0.15, -0.1) is 0 Å². The summed E-state index contributed by atoms with van der Waals surface area (Å²) in [5, 5.41) is 0. The van der Waals surface area contributed by atoms with Gasteiger partial charge in [0.1, 0.15) is 6.10 Å². The van der Waals surface area contributed by atoms with E-state index in [1.54, 1.807) is 16.4 Å². The Labute approximate surface area is 184 Å². The molecule has 0 aliphatic carbocycles. The van der Waals surface area contributed by atoms with Gasteiger partial charge in [-0.05, 0) is 42.5 Å². The van der Waals surface area contributed by atoms with E-state index in [-0.39, 0.29) is 12.0 Å². The van der Waals surface area contributed by atoms with Crippen molar-refractivity contribution >= 4 is 15.9 Å². The minimum Gasteiger partial charge on any atom is -0.370 e. The predicted octanol–water partition coefficient (Wildman–Crippen LogP) is 3.39. The van der Waals surface area contributed by atoms with Crippen molar-refractivity contribution in [1.29, 1.82) is 0 Å². The molecule has 2 aliphatic heterocycles. The molecule has 2 fully saturated rings. The maximum Gasteiger partial charge on any atom is 0.243 e. The van der Waals surface area contributed by atoms with Gasteiger partial charge in [-0.1, -0.05) is 48.9 Å². The van der Waals surface area contributed by atoms with Crippen LogP contribution in [0.25, 0.3) is 0 Å². The molecule has 0 spiro atoms. The van der Waals surface area contributed by atoms with E-state index in [1.807, 2.05) is 47.4 Å². The molecule has 2 aromatic carbocycles. The number of amides is 1. The zero-order chi connectivity index (χ0) is 21.7. The summed E-state index contributed by atoms with van der Waals surface area (Å²) >= 11 is 0. The van der Waals surface area contributed by atoms with Gasteiger partial charge < -0.3 is 9.64 Å². The molecule has 6 nitrogen and oxygen atoms in total. The fourth-order valence-electron chi connectivity index (χ4n) is 4.24. The first-order valence-corrected chi connectivity index (χ1v) is 12.5. The Morgan fingerprint density at radius 1 is 0.935 bits per heavy atom. The third-order valence-electron chi connectivity index (χ3n) is 6.09. The number of ether oxygens (including phenoxy) is 1. The Morgan fingerprint density at radius 3 is 2.35 bits per heavy atom. The van der Waals surface area contributed by atoms with Gasteiger partial charge in [0, 0.05) is 26.1 Å². The summed E-state index contributed by atoms with van der Waals surface area (Å²) in [6, 6.07) is 17.0. The van der Waals surface area contributed by atoms with Crippen molar-refractivity contribution in [2.45, 2.75) is 43.1 Å². The van der Waals surface area contributed by atoms with Crippen LogP contribution in [0.4, 0.5) is 0 Å². The molecule has 1 amide bonds. The summed E-state index contributed by atoms with van der Waals surface area (Å²) in [6.45, 7) is 2.91. The highest BCUT2D eigenvalue weighted by Crippen LogP contribution is 2.23. The summed E-state index contributed by atoms with van der Waals surface area (Å²) < 4.78 is 33.0. The second-order valence-corrected chi connectivity index (χ2v) is 10.2. The number of morpholine rings is 1. The topological polar surface area (TPSA) is 66.9 Å². The quantitative estimate of drug-likeness (QED) is 0.688. The number of hydrogen-bond acceptors (Lipinski definition) is 4. The highest BCUT2D eigenvalue weighted by Gasteiger charge is 2.26. The average Bonchev–Trinajstić information content (AvgIpc) is 2.84. The van der Waals surface area contributed by atoms with Crippen molar-refractivity contribution in [3.63, 3.8) is 0 Å². The standard InChI is InChI=1S/C24H30N2O4S/c27-24(25-17-18-30-23(19-25)21-7-3-1-4-8-21)14-11-20-9-12-22(13-10-20)31(28,29)26-15-5-2-6-16-26/h1,3-4,7-10,12-13,23H,2,5-6,11,14-19H2. The maximum atomic E-state index is 12.8. The molecule has 31 heavy (non-hydrogen) atoms. The highest BCUT2D eigenvalue weighted by atomic mass is 32.2. The number of piperidine rings is 1. The predicted molar refractivity (Wildman–Crippen MR) is 119 cm³/mol. The normalized spacial score (nSPS) is 20.5. The lowest BCUT2D eigenvalue weighted by atomic mass is 10.1.